The van der Waals surface area contributed by atoms with Crippen LogP contribution in [0.15, 0.2) is 59.6 Å². The third-order valence-electron chi connectivity index (χ3n) is 5.92. The van der Waals surface area contributed by atoms with Crippen molar-refractivity contribution in [1.29, 1.82) is 0 Å². The predicted octanol–water partition coefficient (Wildman–Crippen LogP) is 3.73. The molecule has 2 aliphatic rings. The van der Waals surface area contributed by atoms with Crippen LogP contribution < -0.4 is 10.2 Å². The van der Waals surface area contributed by atoms with Crippen molar-refractivity contribution < 1.29 is 22.7 Å². The van der Waals surface area contributed by atoms with Crippen LogP contribution in [0.3, 0.4) is 0 Å². The normalized spacial score (nSPS) is 22.8. The Morgan fingerprint density at radius 1 is 1.11 bits per heavy atom. The number of hydrogen-bond donors (Lipinski definition) is 1. The van der Waals surface area contributed by atoms with Crippen LogP contribution in [0.5, 0.6) is 0 Å². The van der Waals surface area contributed by atoms with Gasteiger partial charge in [0.25, 0.3) is 5.91 Å². The zero-order valence-corrected chi connectivity index (χ0v) is 22.4. The van der Waals surface area contributed by atoms with E-state index in [0.29, 0.717) is 5.17 Å². The highest BCUT2D eigenvalue weighted by Gasteiger charge is 2.49. The molecular weight excluding hydrogens is 498 g/mol. The van der Waals surface area contributed by atoms with Gasteiger partial charge < -0.3 is 15.0 Å². The van der Waals surface area contributed by atoms with Gasteiger partial charge in [0.1, 0.15) is 11.6 Å². The summed E-state index contributed by atoms with van der Waals surface area (Å²) in [5, 5.41) is 2.92. The molecule has 0 saturated carbocycles. The average Bonchev–Trinajstić information content (AvgIpc) is 3.24. The number of rotatable bonds is 5. The second-order valence-electron chi connectivity index (χ2n) is 10.1. The van der Waals surface area contributed by atoms with Gasteiger partial charge in [-0.05, 0) is 44.9 Å². The van der Waals surface area contributed by atoms with Gasteiger partial charge in [-0.25, -0.2) is 13.2 Å². The van der Waals surface area contributed by atoms with E-state index in [0.717, 1.165) is 16.8 Å². The molecule has 192 valence electrons. The summed E-state index contributed by atoms with van der Waals surface area (Å²) in [5.41, 5.74) is 1.92. The molecule has 2 aromatic carbocycles. The fourth-order valence-electron chi connectivity index (χ4n) is 4.35. The molecule has 3 atom stereocenters. The molecular formula is C26H31N3O5S2. The second kappa shape index (κ2) is 10.3. The Balaban J connectivity index is 1.66. The van der Waals surface area contributed by atoms with E-state index >= 15 is 0 Å². The van der Waals surface area contributed by atoms with Crippen molar-refractivity contribution in [3.05, 3.63) is 65.7 Å². The fraction of sp³-hybridized carbons (Fsp3) is 0.423. The first-order valence-electron chi connectivity index (χ1n) is 11.8. The minimum Gasteiger partial charge on any atom is -0.444 e. The molecule has 4 rings (SSSR count). The SMILES string of the molecule is Cc1ccccc1N1C(=NC(=O)[C@@H](Cc2ccccc2)NC(=O)OC(C)(C)C)S[C@H]2CS(=O)(=O)C[C@H]21. The number of alkyl carbamates (subject to hydrolysis) is 1. The fourth-order valence-corrected chi connectivity index (χ4v) is 8.26. The van der Waals surface area contributed by atoms with Crippen LogP contribution in [-0.4, -0.2) is 60.0 Å². The number of para-hydroxylation sites is 1. The number of hydrogen-bond acceptors (Lipinski definition) is 6. The topological polar surface area (TPSA) is 105 Å². The zero-order valence-electron chi connectivity index (χ0n) is 20.8. The maximum atomic E-state index is 13.5. The minimum absolute atomic E-state index is 0.00974. The predicted molar refractivity (Wildman–Crippen MR) is 143 cm³/mol. The molecule has 10 heteroatoms. The van der Waals surface area contributed by atoms with E-state index in [1.54, 1.807) is 20.8 Å². The highest BCUT2D eigenvalue weighted by Crippen LogP contribution is 2.41. The quantitative estimate of drug-likeness (QED) is 0.629. The number of nitrogens with one attached hydrogen (secondary N) is 1. The number of fused-ring (bicyclic) bond motifs is 1. The summed E-state index contributed by atoms with van der Waals surface area (Å²) in [6.45, 7) is 7.20. The molecule has 2 amide bonds. The first-order chi connectivity index (χ1) is 16.9. The van der Waals surface area contributed by atoms with E-state index in [1.807, 2.05) is 66.4 Å². The second-order valence-corrected chi connectivity index (χ2v) is 13.4. The van der Waals surface area contributed by atoms with Crippen molar-refractivity contribution >= 4 is 44.5 Å². The number of sulfone groups is 1. The zero-order chi connectivity index (χ0) is 26.1. The van der Waals surface area contributed by atoms with Gasteiger partial charge in [0, 0.05) is 17.4 Å². The number of aryl methyl sites for hydroxylation is 1. The van der Waals surface area contributed by atoms with E-state index in [9.17, 15) is 18.0 Å². The Hall–Kier alpha value is -2.85. The van der Waals surface area contributed by atoms with Crippen LogP contribution in [0, 0.1) is 6.92 Å². The van der Waals surface area contributed by atoms with E-state index in [-0.39, 0.29) is 29.2 Å². The van der Waals surface area contributed by atoms with Gasteiger partial charge in [0.15, 0.2) is 15.0 Å². The Morgan fingerprint density at radius 3 is 2.44 bits per heavy atom. The van der Waals surface area contributed by atoms with Crippen molar-refractivity contribution in [2.24, 2.45) is 4.99 Å². The lowest BCUT2D eigenvalue weighted by molar-refractivity contribution is -0.119. The van der Waals surface area contributed by atoms with E-state index < -0.39 is 33.5 Å². The summed E-state index contributed by atoms with van der Waals surface area (Å²) in [7, 11) is -3.18. The molecule has 0 bridgehead atoms. The molecule has 2 aromatic rings. The largest absolute Gasteiger partial charge is 0.444 e. The smallest absolute Gasteiger partial charge is 0.408 e. The van der Waals surface area contributed by atoms with Gasteiger partial charge in [-0.15, -0.1) is 0 Å². The molecule has 0 aromatic heterocycles. The van der Waals surface area contributed by atoms with E-state index in [1.165, 1.54) is 11.8 Å². The highest BCUT2D eigenvalue weighted by molar-refractivity contribution is 8.16. The molecule has 0 spiro atoms. The van der Waals surface area contributed by atoms with Crippen molar-refractivity contribution in [2.75, 3.05) is 16.4 Å². The van der Waals surface area contributed by atoms with Gasteiger partial charge in [0.05, 0.1) is 17.5 Å². The molecule has 1 N–H and O–H groups in total. The van der Waals surface area contributed by atoms with Crippen molar-refractivity contribution in [2.45, 2.75) is 57.1 Å². The van der Waals surface area contributed by atoms with E-state index in [4.69, 9.17) is 4.74 Å². The molecule has 2 aliphatic heterocycles. The number of aliphatic imine (C=N–C) groups is 1. The Labute approximate surface area is 216 Å². The lowest BCUT2D eigenvalue weighted by Crippen LogP contribution is -2.45. The van der Waals surface area contributed by atoms with Crippen LogP contribution in [0.2, 0.25) is 0 Å². The summed E-state index contributed by atoms with van der Waals surface area (Å²) >= 11 is 1.31. The molecule has 36 heavy (non-hydrogen) atoms. The Bertz CT molecular complexity index is 1270. The summed E-state index contributed by atoms with van der Waals surface area (Å²) in [4.78, 5) is 32.4. The number of carbonyl (C=O) groups excluding carboxylic acids is 2. The lowest BCUT2D eigenvalue weighted by atomic mass is 10.1. The average molecular weight is 530 g/mol. The molecule has 8 nitrogen and oxygen atoms in total. The van der Waals surface area contributed by atoms with Gasteiger partial charge in [-0.3, -0.25) is 4.79 Å². The van der Waals surface area contributed by atoms with Crippen LogP contribution in [0.25, 0.3) is 0 Å². The summed E-state index contributed by atoms with van der Waals surface area (Å²) in [6.07, 6.45) is -0.457. The third-order valence-corrected chi connectivity index (χ3v) is 9.13. The molecule has 2 saturated heterocycles. The number of amides is 2. The first kappa shape index (κ1) is 26.2. The number of ether oxygens (including phenoxy) is 1. The van der Waals surface area contributed by atoms with Gasteiger partial charge >= 0.3 is 6.09 Å². The minimum atomic E-state index is -3.18. The molecule has 0 unspecified atom stereocenters. The number of anilines is 1. The van der Waals surface area contributed by atoms with E-state index in [2.05, 4.69) is 10.3 Å². The van der Waals surface area contributed by atoms with Crippen molar-refractivity contribution in [3.8, 4) is 0 Å². The molecule has 0 aliphatic carbocycles. The van der Waals surface area contributed by atoms with Crippen molar-refractivity contribution in [1.82, 2.24) is 5.32 Å². The number of benzene rings is 2. The number of amidine groups is 1. The number of nitrogens with zero attached hydrogens (tertiary/aromatic N) is 2. The maximum Gasteiger partial charge on any atom is 0.408 e. The monoisotopic (exact) mass is 529 g/mol. The number of carbonyl (C=O) groups is 2. The molecule has 2 heterocycles. The third kappa shape index (κ3) is 6.28. The maximum absolute atomic E-state index is 13.5. The van der Waals surface area contributed by atoms with Gasteiger partial charge in [0.2, 0.25) is 0 Å². The van der Waals surface area contributed by atoms with Crippen LogP contribution >= 0.6 is 11.8 Å². The lowest BCUT2D eigenvalue weighted by Gasteiger charge is -2.26. The summed E-state index contributed by atoms with van der Waals surface area (Å²) in [6, 6.07) is 15.8. The first-order valence-corrected chi connectivity index (χ1v) is 14.5. The summed E-state index contributed by atoms with van der Waals surface area (Å²) < 4.78 is 30.1. The van der Waals surface area contributed by atoms with Crippen LogP contribution in [0.1, 0.15) is 31.9 Å². The van der Waals surface area contributed by atoms with Crippen LogP contribution in [-0.2, 0) is 25.8 Å². The Morgan fingerprint density at radius 2 is 1.78 bits per heavy atom. The molecule has 0 radical (unpaired) electrons. The molecule has 2 fully saturated rings. The van der Waals surface area contributed by atoms with Gasteiger partial charge in [-0.1, -0.05) is 60.3 Å². The highest BCUT2D eigenvalue weighted by atomic mass is 32.2. The van der Waals surface area contributed by atoms with Crippen molar-refractivity contribution in [3.63, 3.8) is 0 Å². The standard InChI is InChI=1S/C26H31N3O5S2/c1-17-10-8-9-13-20(17)29-21-15-36(32,33)16-22(21)35-24(29)28-23(30)19(14-18-11-6-5-7-12-18)27-25(31)34-26(2,3)4/h5-13,19,21-22H,14-16H2,1-4H3,(H,27,31)/t19-,21-,22+/m1/s1. The summed E-state index contributed by atoms with van der Waals surface area (Å²) in [5.74, 6) is -0.467. The Kier molecular flexibility index (Phi) is 7.47. The van der Waals surface area contributed by atoms with Crippen LogP contribution in [0.4, 0.5) is 10.5 Å². The van der Waals surface area contributed by atoms with Gasteiger partial charge in [-0.2, -0.15) is 4.99 Å². The number of thioether (sulfide) groups is 1.